The Bertz CT molecular complexity index is 944. The number of methoxy groups -OCH3 is 1. The standard InChI is InChI=1S/C12H13N5O.CH4O3S/c1-3-7-9(18-2)5-4-8-10(7)15-11(13)12-16-14-6-17(8)12;1-5(2,3)4/h4-6H,3H2,1-2H3,(H2,13,15);1H3,(H,2,3,4). The molecule has 23 heavy (non-hydrogen) atoms. The molecule has 0 aliphatic rings. The van der Waals surface area contributed by atoms with Crippen LogP contribution in [-0.2, 0) is 16.5 Å². The molecule has 3 aromatic rings. The van der Waals surface area contributed by atoms with Gasteiger partial charge in [-0.3, -0.25) is 8.95 Å². The molecule has 0 radical (unpaired) electrons. The number of ether oxygens (including phenoxy) is 1. The summed E-state index contributed by atoms with van der Waals surface area (Å²) in [6.45, 7) is 2.06. The molecule has 0 atom stereocenters. The minimum absolute atomic E-state index is 0.378. The molecule has 0 spiro atoms. The number of aromatic nitrogens is 4. The monoisotopic (exact) mass is 339 g/mol. The molecule has 9 nitrogen and oxygen atoms in total. The Hall–Kier alpha value is -2.46. The van der Waals surface area contributed by atoms with Crippen LogP contribution in [0, 0.1) is 0 Å². The van der Waals surface area contributed by atoms with Crippen molar-refractivity contribution in [2.45, 2.75) is 13.3 Å². The summed E-state index contributed by atoms with van der Waals surface area (Å²) in [5.74, 6) is 1.20. The maximum absolute atomic E-state index is 9.19. The molecular formula is C13H17N5O4S. The normalized spacial score (nSPS) is 11.3. The Kier molecular flexibility index (Phi) is 4.66. The minimum atomic E-state index is -3.67. The van der Waals surface area contributed by atoms with Crippen LogP contribution in [0.25, 0.3) is 16.7 Å². The highest BCUT2D eigenvalue weighted by molar-refractivity contribution is 7.85. The molecule has 0 amide bonds. The van der Waals surface area contributed by atoms with Gasteiger partial charge in [0.2, 0.25) is 5.65 Å². The molecule has 0 bridgehead atoms. The summed E-state index contributed by atoms with van der Waals surface area (Å²) < 4.78 is 33.1. The van der Waals surface area contributed by atoms with E-state index in [0.717, 1.165) is 28.8 Å². The van der Waals surface area contributed by atoms with Crippen LogP contribution in [-0.4, -0.2) is 45.9 Å². The van der Waals surface area contributed by atoms with E-state index in [1.165, 1.54) is 0 Å². The first-order valence-corrected chi connectivity index (χ1v) is 8.48. The smallest absolute Gasteiger partial charge is 0.261 e. The van der Waals surface area contributed by atoms with E-state index >= 15 is 0 Å². The summed E-state index contributed by atoms with van der Waals surface area (Å²) in [6.07, 6.45) is 3.18. The Morgan fingerprint density at radius 2 is 2.04 bits per heavy atom. The summed E-state index contributed by atoms with van der Waals surface area (Å²) >= 11 is 0. The second kappa shape index (κ2) is 6.34. The third-order valence-electron chi connectivity index (χ3n) is 3.06. The van der Waals surface area contributed by atoms with Gasteiger partial charge in [0.1, 0.15) is 12.1 Å². The number of benzene rings is 1. The summed E-state index contributed by atoms with van der Waals surface area (Å²) in [4.78, 5) is 4.43. The highest BCUT2D eigenvalue weighted by atomic mass is 32.2. The highest BCUT2D eigenvalue weighted by Crippen LogP contribution is 2.28. The topological polar surface area (TPSA) is 133 Å². The predicted octanol–water partition coefficient (Wildman–Crippen LogP) is 0.935. The number of hydrogen-bond acceptors (Lipinski definition) is 7. The summed E-state index contributed by atoms with van der Waals surface area (Å²) in [6, 6.07) is 3.87. The Morgan fingerprint density at radius 3 is 2.61 bits per heavy atom. The van der Waals surface area contributed by atoms with E-state index < -0.39 is 10.1 Å². The summed E-state index contributed by atoms with van der Waals surface area (Å²) in [5.41, 5.74) is 9.29. The van der Waals surface area contributed by atoms with Crippen LogP contribution in [0.5, 0.6) is 5.75 Å². The van der Waals surface area contributed by atoms with Crippen molar-refractivity contribution in [2.24, 2.45) is 0 Å². The SMILES string of the molecule is CCc1c(OC)ccc2c1nc(N)c1nncn12.CS(=O)(=O)O. The lowest BCUT2D eigenvalue weighted by Gasteiger charge is -2.11. The van der Waals surface area contributed by atoms with E-state index in [9.17, 15) is 8.42 Å². The third kappa shape index (κ3) is 3.66. The van der Waals surface area contributed by atoms with E-state index in [2.05, 4.69) is 22.1 Å². The molecule has 0 saturated carbocycles. The number of hydrogen-bond donors (Lipinski definition) is 2. The van der Waals surface area contributed by atoms with Gasteiger partial charge in [-0.25, -0.2) is 4.98 Å². The second-order valence-corrected chi connectivity index (χ2v) is 6.19. The van der Waals surface area contributed by atoms with Gasteiger partial charge in [-0.15, -0.1) is 10.2 Å². The molecule has 2 aromatic heterocycles. The zero-order valence-corrected chi connectivity index (χ0v) is 13.7. The number of nitrogens with two attached hydrogens (primary N) is 1. The van der Waals surface area contributed by atoms with Crippen molar-refractivity contribution in [1.29, 1.82) is 0 Å². The molecule has 0 unspecified atom stereocenters. The zero-order valence-electron chi connectivity index (χ0n) is 12.9. The van der Waals surface area contributed by atoms with Crippen molar-refractivity contribution in [3.8, 4) is 5.75 Å². The highest BCUT2D eigenvalue weighted by Gasteiger charge is 2.13. The van der Waals surface area contributed by atoms with Crippen molar-refractivity contribution in [3.05, 3.63) is 24.0 Å². The van der Waals surface area contributed by atoms with Gasteiger partial charge in [0, 0.05) is 5.56 Å². The molecule has 0 aliphatic heterocycles. The van der Waals surface area contributed by atoms with E-state index in [1.54, 1.807) is 13.4 Å². The first-order chi connectivity index (χ1) is 10.8. The van der Waals surface area contributed by atoms with Crippen molar-refractivity contribution >= 4 is 32.6 Å². The minimum Gasteiger partial charge on any atom is -0.496 e. The van der Waals surface area contributed by atoms with E-state index in [4.69, 9.17) is 15.0 Å². The molecule has 10 heteroatoms. The molecule has 0 saturated heterocycles. The second-order valence-electron chi connectivity index (χ2n) is 4.72. The first-order valence-electron chi connectivity index (χ1n) is 6.63. The zero-order chi connectivity index (χ0) is 17.2. The van der Waals surface area contributed by atoms with Gasteiger partial charge in [-0.1, -0.05) is 6.92 Å². The number of nitrogen functional groups attached to an aromatic ring is 1. The van der Waals surface area contributed by atoms with Crippen LogP contribution in [0.3, 0.4) is 0 Å². The quantitative estimate of drug-likeness (QED) is 0.659. The van der Waals surface area contributed by atoms with Gasteiger partial charge in [-0.2, -0.15) is 8.42 Å². The fourth-order valence-corrected chi connectivity index (χ4v) is 2.21. The van der Waals surface area contributed by atoms with Crippen LogP contribution in [0.1, 0.15) is 12.5 Å². The van der Waals surface area contributed by atoms with Crippen molar-refractivity contribution in [2.75, 3.05) is 19.1 Å². The number of aryl methyl sites for hydroxylation is 1. The molecule has 2 heterocycles. The first kappa shape index (κ1) is 16.9. The van der Waals surface area contributed by atoms with Gasteiger partial charge >= 0.3 is 0 Å². The van der Waals surface area contributed by atoms with Crippen LogP contribution in [0.2, 0.25) is 0 Å². The average molecular weight is 339 g/mol. The number of nitrogens with zero attached hydrogens (tertiary/aromatic N) is 4. The van der Waals surface area contributed by atoms with Crippen molar-refractivity contribution < 1.29 is 17.7 Å². The Balaban J connectivity index is 0.000000338. The van der Waals surface area contributed by atoms with Crippen molar-refractivity contribution in [1.82, 2.24) is 19.6 Å². The lowest BCUT2D eigenvalue weighted by Crippen LogP contribution is -2.02. The van der Waals surface area contributed by atoms with E-state index in [-0.39, 0.29) is 0 Å². The average Bonchev–Trinajstić information content (AvgIpc) is 2.94. The molecule has 1 aromatic carbocycles. The van der Waals surface area contributed by atoms with Crippen LogP contribution in [0.15, 0.2) is 18.5 Å². The molecular weight excluding hydrogens is 322 g/mol. The van der Waals surface area contributed by atoms with Crippen LogP contribution in [0.4, 0.5) is 5.82 Å². The lowest BCUT2D eigenvalue weighted by molar-refractivity contribution is 0.411. The maximum Gasteiger partial charge on any atom is 0.261 e. The Labute approximate surface area is 132 Å². The maximum atomic E-state index is 9.19. The van der Waals surface area contributed by atoms with Gasteiger partial charge in [0.25, 0.3) is 10.1 Å². The van der Waals surface area contributed by atoms with E-state index in [0.29, 0.717) is 17.7 Å². The Morgan fingerprint density at radius 1 is 1.39 bits per heavy atom. The van der Waals surface area contributed by atoms with Crippen LogP contribution >= 0.6 is 0 Å². The number of fused-ring (bicyclic) bond motifs is 3. The largest absolute Gasteiger partial charge is 0.496 e. The van der Waals surface area contributed by atoms with Gasteiger partial charge in [-0.05, 0) is 18.6 Å². The van der Waals surface area contributed by atoms with Gasteiger partial charge < -0.3 is 10.5 Å². The molecule has 124 valence electrons. The van der Waals surface area contributed by atoms with Crippen LogP contribution < -0.4 is 10.5 Å². The van der Waals surface area contributed by atoms with Gasteiger partial charge in [0.15, 0.2) is 5.82 Å². The third-order valence-corrected chi connectivity index (χ3v) is 3.06. The molecule has 0 fully saturated rings. The number of anilines is 1. The lowest BCUT2D eigenvalue weighted by atomic mass is 10.1. The molecule has 3 N–H and O–H groups in total. The predicted molar refractivity (Wildman–Crippen MR) is 86.1 cm³/mol. The van der Waals surface area contributed by atoms with E-state index in [1.807, 2.05) is 16.5 Å². The number of rotatable bonds is 2. The molecule has 3 rings (SSSR count). The van der Waals surface area contributed by atoms with Crippen molar-refractivity contribution in [3.63, 3.8) is 0 Å². The fourth-order valence-electron chi connectivity index (χ4n) is 2.21. The van der Waals surface area contributed by atoms with Gasteiger partial charge in [0.05, 0.1) is 24.4 Å². The summed E-state index contributed by atoms with van der Waals surface area (Å²) in [5, 5.41) is 7.83. The molecule has 0 aliphatic carbocycles. The fraction of sp³-hybridized carbons (Fsp3) is 0.308. The summed E-state index contributed by atoms with van der Waals surface area (Å²) in [7, 11) is -2.01.